The van der Waals surface area contributed by atoms with Crippen molar-refractivity contribution in [3.8, 4) is 5.69 Å². The summed E-state index contributed by atoms with van der Waals surface area (Å²) in [5.74, 6) is -0.755. The predicted octanol–water partition coefficient (Wildman–Crippen LogP) is 3.66. The second-order valence-corrected chi connectivity index (χ2v) is 5.95. The highest BCUT2D eigenvalue weighted by Gasteiger charge is 2.14. The van der Waals surface area contributed by atoms with Crippen molar-refractivity contribution in [1.29, 1.82) is 0 Å². The van der Waals surface area contributed by atoms with Crippen LogP contribution in [0.25, 0.3) is 5.69 Å². The zero-order valence-corrected chi connectivity index (χ0v) is 12.9. The van der Waals surface area contributed by atoms with Crippen LogP contribution >= 0.6 is 15.9 Å². The summed E-state index contributed by atoms with van der Waals surface area (Å²) < 4.78 is 29.9. The number of hydrogen-bond donors (Lipinski definition) is 1. The zero-order valence-electron chi connectivity index (χ0n) is 11.3. The second-order valence-electron chi connectivity index (χ2n) is 5.04. The van der Waals surface area contributed by atoms with Crippen LogP contribution in [0.3, 0.4) is 0 Å². The highest BCUT2D eigenvalue weighted by molar-refractivity contribution is 9.10. The van der Waals surface area contributed by atoms with E-state index in [-0.39, 0.29) is 5.69 Å². The second kappa shape index (κ2) is 6.45. The van der Waals surface area contributed by atoms with Crippen molar-refractivity contribution in [1.82, 2.24) is 15.1 Å². The van der Waals surface area contributed by atoms with Crippen molar-refractivity contribution in [2.24, 2.45) is 5.92 Å². The number of nitrogens with zero attached hydrogens (tertiary/aromatic N) is 2. The standard InChI is InChI=1S/C14H16BrF2N3/c1-9(2)5-18-6-10-3-12(16)14(13(17)4-10)20-8-11(15)7-19-20/h3-4,7-9,18H,5-6H2,1-2H3. The first-order chi connectivity index (χ1) is 9.47. The lowest BCUT2D eigenvalue weighted by Crippen LogP contribution is -2.19. The van der Waals surface area contributed by atoms with Gasteiger partial charge in [-0.15, -0.1) is 0 Å². The lowest BCUT2D eigenvalue weighted by molar-refractivity contribution is 0.537. The molecule has 1 aromatic carbocycles. The van der Waals surface area contributed by atoms with Gasteiger partial charge in [-0.05, 0) is 46.1 Å². The average Bonchev–Trinajstić information content (AvgIpc) is 2.74. The lowest BCUT2D eigenvalue weighted by atomic mass is 10.1. The molecule has 0 bridgehead atoms. The van der Waals surface area contributed by atoms with E-state index < -0.39 is 11.6 Å². The number of benzene rings is 1. The van der Waals surface area contributed by atoms with Gasteiger partial charge in [-0.1, -0.05) is 13.8 Å². The molecular formula is C14H16BrF2N3. The number of aromatic nitrogens is 2. The van der Waals surface area contributed by atoms with Crippen LogP contribution in [0.4, 0.5) is 8.78 Å². The minimum atomic E-state index is -0.623. The molecule has 0 amide bonds. The first-order valence-electron chi connectivity index (χ1n) is 6.36. The van der Waals surface area contributed by atoms with Crippen LogP contribution < -0.4 is 5.32 Å². The van der Waals surface area contributed by atoms with Crippen molar-refractivity contribution < 1.29 is 8.78 Å². The van der Waals surface area contributed by atoms with Gasteiger partial charge in [0.1, 0.15) is 5.69 Å². The predicted molar refractivity (Wildman–Crippen MR) is 77.7 cm³/mol. The third kappa shape index (κ3) is 3.64. The Labute approximate surface area is 125 Å². The molecule has 0 spiro atoms. The Morgan fingerprint density at radius 1 is 1.30 bits per heavy atom. The Bertz CT molecular complexity index is 573. The molecule has 0 saturated heterocycles. The van der Waals surface area contributed by atoms with Gasteiger partial charge in [-0.2, -0.15) is 5.10 Å². The van der Waals surface area contributed by atoms with Crippen LogP contribution in [0.2, 0.25) is 0 Å². The molecule has 1 N–H and O–H groups in total. The number of nitrogens with one attached hydrogen (secondary N) is 1. The third-order valence-corrected chi connectivity index (χ3v) is 3.15. The SMILES string of the molecule is CC(C)CNCc1cc(F)c(-n2cc(Br)cn2)c(F)c1. The van der Waals surface area contributed by atoms with E-state index in [2.05, 4.69) is 40.2 Å². The van der Waals surface area contributed by atoms with Crippen molar-refractivity contribution in [2.75, 3.05) is 6.54 Å². The molecule has 108 valence electrons. The van der Waals surface area contributed by atoms with E-state index in [1.807, 2.05) is 0 Å². The van der Waals surface area contributed by atoms with E-state index in [0.29, 0.717) is 22.5 Å². The third-order valence-electron chi connectivity index (χ3n) is 2.74. The van der Waals surface area contributed by atoms with Crippen molar-refractivity contribution in [3.05, 3.63) is 46.2 Å². The highest BCUT2D eigenvalue weighted by Crippen LogP contribution is 2.21. The van der Waals surface area contributed by atoms with Gasteiger partial charge in [-0.3, -0.25) is 0 Å². The topological polar surface area (TPSA) is 29.9 Å². The molecule has 1 heterocycles. The van der Waals surface area contributed by atoms with Crippen LogP contribution in [-0.2, 0) is 6.54 Å². The molecule has 0 unspecified atom stereocenters. The smallest absolute Gasteiger partial charge is 0.152 e. The first-order valence-corrected chi connectivity index (χ1v) is 7.16. The van der Waals surface area contributed by atoms with Crippen LogP contribution in [0, 0.1) is 17.6 Å². The van der Waals surface area contributed by atoms with Crippen LogP contribution in [0.15, 0.2) is 29.0 Å². The Kier molecular flexibility index (Phi) is 4.88. The molecule has 2 rings (SSSR count). The summed E-state index contributed by atoms with van der Waals surface area (Å²) in [5, 5.41) is 7.05. The highest BCUT2D eigenvalue weighted by atomic mass is 79.9. The maximum atomic E-state index is 14.0. The van der Waals surface area contributed by atoms with Crippen LogP contribution in [0.5, 0.6) is 0 Å². The molecule has 0 aliphatic heterocycles. The molecule has 20 heavy (non-hydrogen) atoms. The van der Waals surface area contributed by atoms with Crippen LogP contribution in [-0.4, -0.2) is 16.3 Å². The number of hydrogen-bond acceptors (Lipinski definition) is 2. The quantitative estimate of drug-likeness (QED) is 0.897. The Balaban J connectivity index is 2.21. The molecule has 6 heteroatoms. The van der Waals surface area contributed by atoms with Gasteiger partial charge in [0.15, 0.2) is 11.6 Å². The molecule has 0 fully saturated rings. The van der Waals surface area contributed by atoms with E-state index in [1.54, 1.807) is 0 Å². The van der Waals surface area contributed by atoms with Gasteiger partial charge >= 0.3 is 0 Å². The Hall–Kier alpha value is -1.27. The fraction of sp³-hybridized carbons (Fsp3) is 0.357. The summed E-state index contributed by atoms with van der Waals surface area (Å²) in [6.45, 7) is 5.39. The van der Waals surface area contributed by atoms with Crippen LogP contribution in [0.1, 0.15) is 19.4 Å². The largest absolute Gasteiger partial charge is 0.312 e. The molecule has 0 radical (unpaired) electrons. The molecule has 1 aromatic heterocycles. The minimum Gasteiger partial charge on any atom is -0.312 e. The average molecular weight is 344 g/mol. The molecule has 0 saturated carbocycles. The Morgan fingerprint density at radius 3 is 2.45 bits per heavy atom. The summed E-state index contributed by atoms with van der Waals surface area (Å²) in [7, 11) is 0. The summed E-state index contributed by atoms with van der Waals surface area (Å²) >= 11 is 3.20. The van der Waals surface area contributed by atoms with E-state index in [1.165, 1.54) is 29.2 Å². The fourth-order valence-corrected chi connectivity index (χ4v) is 2.15. The van der Waals surface area contributed by atoms with Gasteiger partial charge in [0, 0.05) is 12.7 Å². The zero-order chi connectivity index (χ0) is 14.7. The summed E-state index contributed by atoms with van der Waals surface area (Å²) in [5.41, 5.74) is 0.416. The van der Waals surface area contributed by atoms with Crippen molar-refractivity contribution in [2.45, 2.75) is 20.4 Å². The summed E-state index contributed by atoms with van der Waals surface area (Å²) in [6, 6.07) is 2.67. The van der Waals surface area contributed by atoms with E-state index in [0.717, 1.165) is 6.54 Å². The molecular weight excluding hydrogens is 328 g/mol. The maximum absolute atomic E-state index is 14.0. The Morgan fingerprint density at radius 2 is 1.95 bits per heavy atom. The normalized spacial score (nSPS) is 11.3. The van der Waals surface area contributed by atoms with Gasteiger partial charge in [0.05, 0.1) is 10.7 Å². The van der Waals surface area contributed by atoms with Gasteiger partial charge in [-0.25, -0.2) is 13.5 Å². The van der Waals surface area contributed by atoms with Crippen molar-refractivity contribution >= 4 is 15.9 Å². The fourth-order valence-electron chi connectivity index (χ4n) is 1.87. The molecule has 0 aliphatic rings. The van der Waals surface area contributed by atoms with E-state index in [9.17, 15) is 8.78 Å². The van der Waals surface area contributed by atoms with Crippen molar-refractivity contribution in [3.63, 3.8) is 0 Å². The van der Waals surface area contributed by atoms with E-state index >= 15 is 0 Å². The summed E-state index contributed by atoms with van der Waals surface area (Å²) in [6.07, 6.45) is 3.00. The number of halogens is 3. The monoisotopic (exact) mass is 343 g/mol. The number of rotatable bonds is 5. The van der Waals surface area contributed by atoms with E-state index in [4.69, 9.17) is 0 Å². The molecule has 0 atom stereocenters. The molecule has 3 nitrogen and oxygen atoms in total. The van der Waals surface area contributed by atoms with Gasteiger partial charge in [0.2, 0.25) is 0 Å². The lowest BCUT2D eigenvalue weighted by Gasteiger charge is -2.10. The summed E-state index contributed by atoms with van der Waals surface area (Å²) in [4.78, 5) is 0. The van der Waals surface area contributed by atoms with Gasteiger partial charge < -0.3 is 5.32 Å². The minimum absolute atomic E-state index is 0.164. The first kappa shape index (κ1) is 15.1. The van der Waals surface area contributed by atoms with Gasteiger partial charge in [0.25, 0.3) is 0 Å². The molecule has 0 aliphatic carbocycles. The maximum Gasteiger partial charge on any atom is 0.152 e. The molecule has 2 aromatic rings.